The summed E-state index contributed by atoms with van der Waals surface area (Å²) in [5, 5.41) is 7.73. The Bertz CT molecular complexity index is 2060. The lowest BCUT2D eigenvalue weighted by Gasteiger charge is -2.37. The summed E-state index contributed by atoms with van der Waals surface area (Å²) in [6.07, 6.45) is 6.10. The monoisotopic (exact) mass is 687 g/mol. The normalized spacial score (nSPS) is 18.8. The Morgan fingerprint density at radius 3 is 2.22 bits per heavy atom. The number of hydrogen-bond acceptors (Lipinski definition) is 5. The van der Waals surface area contributed by atoms with Crippen molar-refractivity contribution in [3.8, 4) is 5.88 Å². The molecule has 5 aromatic rings. The van der Waals surface area contributed by atoms with E-state index in [9.17, 15) is 4.79 Å². The highest BCUT2D eigenvalue weighted by Gasteiger charge is 2.42. The molecule has 3 aliphatic rings. The number of carbonyl (C=O) groups excluding carboxylic acids is 1. The molecule has 10 heteroatoms. The van der Waals surface area contributed by atoms with Gasteiger partial charge in [-0.1, -0.05) is 97.1 Å². The largest absolute Gasteiger partial charge is 0.472 e. The minimum atomic E-state index is -3.82. The molecule has 1 unspecified atom stereocenters. The van der Waals surface area contributed by atoms with Crippen molar-refractivity contribution < 1.29 is 18.5 Å². The van der Waals surface area contributed by atoms with Crippen LogP contribution in [-0.2, 0) is 46.0 Å². The Balaban J connectivity index is 1.33. The molecule has 2 heterocycles. The maximum absolute atomic E-state index is 16.0. The highest BCUT2D eigenvalue weighted by Crippen LogP contribution is 2.45. The van der Waals surface area contributed by atoms with E-state index in [-0.39, 0.29) is 16.9 Å². The summed E-state index contributed by atoms with van der Waals surface area (Å²) in [6, 6.07) is 31.2. The molecule has 0 bridgehead atoms. The molecule has 3 atom stereocenters. The summed E-state index contributed by atoms with van der Waals surface area (Å²) in [5.41, 5.74) is 6.88. The van der Waals surface area contributed by atoms with Crippen LogP contribution in [0.15, 0.2) is 113 Å². The van der Waals surface area contributed by atoms with Gasteiger partial charge in [-0.05, 0) is 78.0 Å². The number of fused-ring (bicyclic) bond motifs is 3. The van der Waals surface area contributed by atoms with Crippen molar-refractivity contribution in [3.05, 3.63) is 142 Å². The van der Waals surface area contributed by atoms with Gasteiger partial charge in [0.1, 0.15) is 16.5 Å². The van der Waals surface area contributed by atoms with Crippen LogP contribution in [0, 0.1) is 0 Å². The first-order chi connectivity index (χ1) is 24.4. The molecular formula is C40H41N5O4S. The van der Waals surface area contributed by atoms with E-state index < -0.39 is 21.5 Å². The van der Waals surface area contributed by atoms with Gasteiger partial charge in [0.25, 0.3) is 0 Å². The molecule has 0 saturated heterocycles. The number of carbonyl (C=O) groups is 1. The number of nitrogens with zero attached hydrogens (tertiary/aromatic N) is 3. The van der Waals surface area contributed by atoms with Gasteiger partial charge in [-0.15, -0.1) is 4.36 Å². The van der Waals surface area contributed by atoms with Gasteiger partial charge >= 0.3 is 6.03 Å². The van der Waals surface area contributed by atoms with E-state index in [1.807, 2.05) is 97.9 Å². The molecule has 0 saturated carbocycles. The number of hydrogen-bond donors (Lipinski definition) is 2. The fraction of sp³-hybridized carbons (Fsp3) is 0.300. The molecule has 4 aromatic carbocycles. The van der Waals surface area contributed by atoms with Gasteiger partial charge in [0, 0.05) is 18.7 Å². The van der Waals surface area contributed by atoms with Crippen molar-refractivity contribution in [2.24, 2.45) is 4.36 Å². The first kappa shape index (κ1) is 32.4. The molecule has 0 spiro atoms. The van der Waals surface area contributed by atoms with Crippen LogP contribution >= 0.6 is 0 Å². The molecule has 1 aliphatic heterocycles. The number of benzene rings is 4. The molecule has 2 N–H and O–H groups in total. The summed E-state index contributed by atoms with van der Waals surface area (Å²) in [4.78, 5) is 14.7. The van der Waals surface area contributed by atoms with Crippen molar-refractivity contribution in [1.29, 1.82) is 0 Å². The Labute approximate surface area is 293 Å². The zero-order chi connectivity index (χ0) is 34.3. The average molecular weight is 688 g/mol. The quantitative estimate of drug-likeness (QED) is 0.157. The first-order valence-electron chi connectivity index (χ1n) is 17.3. The Kier molecular flexibility index (Phi) is 8.54. The van der Waals surface area contributed by atoms with Crippen molar-refractivity contribution in [2.75, 3.05) is 19.0 Å². The number of aryl methyl sites for hydroxylation is 2. The molecule has 50 heavy (non-hydrogen) atoms. The molecule has 9 nitrogen and oxygen atoms in total. The van der Waals surface area contributed by atoms with Crippen molar-refractivity contribution in [1.82, 2.24) is 14.5 Å². The van der Waals surface area contributed by atoms with E-state index in [4.69, 9.17) is 9.47 Å². The van der Waals surface area contributed by atoms with Crippen LogP contribution in [0.25, 0.3) is 0 Å². The minimum absolute atomic E-state index is 0.161. The third-order valence-corrected chi connectivity index (χ3v) is 12.1. The number of ether oxygens (including phenoxy) is 2. The van der Waals surface area contributed by atoms with Crippen molar-refractivity contribution >= 4 is 21.6 Å². The maximum atomic E-state index is 16.0. The number of nitrogens with one attached hydrogen (secondary N) is 2. The van der Waals surface area contributed by atoms with Crippen molar-refractivity contribution in [3.63, 3.8) is 0 Å². The lowest BCUT2D eigenvalue weighted by Crippen LogP contribution is -2.48. The summed E-state index contributed by atoms with van der Waals surface area (Å²) >= 11 is 0. The second-order valence-electron chi connectivity index (χ2n) is 13.4. The van der Waals surface area contributed by atoms with Crippen LogP contribution in [0.5, 0.6) is 5.88 Å². The number of urea groups is 1. The predicted molar refractivity (Wildman–Crippen MR) is 194 cm³/mol. The fourth-order valence-electron chi connectivity index (χ4n) is 8.07. The van der Waals surface area contributed by atoms with Crippen LogP contribution in [-0.4, -0.2) is 39.8 Å². The lowest BCUT2D eigenvalue weighted by molar-refractivity contribution is 0.179. The molecule has 256 valence electrons. The van der Waals surface area contributed by atoms with Crippen LogP contribution in [0.1, 0.15) is 64.6 Å². The van der Waals surface area contributed by atoms with Gasteiger partial charge in [0.2, 0.25) is 5.88 Å². The summed E-state index contributed by atoms with van der Waals surface area (Å²) in [6.45, 7) is 3.00. The molecular weight excluding hydrogens is 647 g/mol. The third-order valence-electron chi connectivity index (χ3n) is 10.2. The van der Waals surface area contributed by atoms with Gasteiger partial charge in [-0.3, -0.25) is 0 Å². The average Bonchev–Trinajstić information content (AvgIpc) is 3.93. The van der Waals surface area contributed by atoms with E-state index in [1.54, 1.807) is 11.8 Å². The van der Waals surface area contributed by atoms with E-state index in [0.717, 1.165) is 65.6 Å². The van der Waals surface area contributed by atoms with Gasteiger partial charge in [-0.25, -0.2) is 18.4 Å². The predicted octanol–water partition coefficient (Wildman–Crippen LogP) is 7.38. The second kappa shape index (κ2) is 13.2. The number of methoxy groups -OCH3 is 1. The lowest BCUT2D eigenvalue weighted by atomic mass is 9.78. The summed E-state index contributed by atoms with van der Waals surface area (Å²) < 4.78 is 37.7. The molecule has 0 radical (unpaired) electrons. The van der Waals surface area contributed by atoms with E-state index in [0.29, 0.717) is 19.0 Å². The van der Waals surface area contributed by atoms with Gasteiger partial charge < -0.3 is 14.8 Å². The number of rotatable bonds is 9. The van der Waals surface area contributed by atoms with E-state index in [2.05, 4.69) is 25.6 Å². The van der Waals surface area contributed by atoms with E-state index in [1.165, 1.54) is 17.3 Å². The first-order valence-corrected chi connectivity index (χ1v) is 18.8. The number of anilines is 1. The Hall–Kier alpha value is -4.77. The van der Waals surface area contributed by atoms with Crippen LogP contribution in [0.2, 0.25) is 0 Å². The summed E-state index contributed by atoms with van der Waals surface area (Å²) in [7, 11) is -2.10. The molecule has 8 rings (SSSR count). The van der Waals surface area contributed by atoms with E-state index >= 15 is 4.21 Å². The van der Waals surface area contributed by atoms with Crippen LogP contribution < -0.4 is 14.8 Å². The van der Waals surface area contributed by atoms with Gasteiger partial charge in [0.15, 0.2) is 9.92 Å². The minimum Gasteiger partial charge on any atom is -0.472 e. The van der Waals surface area contributed by atoms with Crippen LogP contribution in [0.3, 0.4) is 0 Å². The molecule has 1 aromatic heterocycles. The molecule has 2 amide bonds. The molecule has 0 fully saturated rings. The number of amides is 2. The highest BCUT2D eigenvalue weighted by molar-refractivity contribution is 7.92. The van der Waals surface area contributed by atoms with Crippen molar-refractivity contribution in [2.45, 2.75) is 68.0 Å². The zero-order valence-corrected chi connectivity index (χ0v) is 29.1. The SMILES string of the molecule is COC[C@H]1CCc2cc3c(c(NC(=O)N=S(=O)(NC(c4ccccc4)(c4ccccc4)c4ccccc4)c4cnn5c4O[C@@H](C)C5)c21)CCC3. The van der Waals surface area contributed by atoms with Crippen LogP contribution in [0.4, 0.5) is 10.5 Å². The highest BCUT2D eigenvalue weighted by atomic mass is 32.2. The Morgan fingerprint density at radius 1 is 0.960 bits per heavy atom. The third kappa shape index (κ3) is 5.61. The maximum Gasteiger partial charge on any atom is 0.354 e. The topological polar surface area (TPSA) is 107 Å². The summed E-state index contributed by atoms with van der Waals surface area (Å²) in [5.74, 6) is 0.505. The smallest absolute Gasteiger partial charge is 0.354 e. The van der Waals surface area contributed by atoms with Gasteiger partial charge in [0.05, 0.1) is 19.3 Å². The fourth-order valence-corrected chi connectivity index (χ4v) is 9.95. The number of aromatic nitrogens is 2. The van der Waals surface area contributed by atoms with Gasteiger partial charge in [-0.2, -0.15) is 5.10 Å². The standard InChI is InChI=1S/C40H41N5O4S/c1-27-25-45-38(49-27)35(24-41-45)50(47,43-39(46)42-37-34-20-12-13-28(34)23-29-21-22-30(26-48-2)36(29)37)44-40(31-14-6-3-7-15-31,32-16-8-4-9-17-32)33-18-10-5-11-19-33/h3-11,14-19,23-24,27,30H,12-13,20-22,25-26H2,1-2H3,(H2,42,43,44,46,47)/t27-,30+,50?/m0/s1. The second-order valence-corrected chi connectivity index (χ2v) is 15.3. The zero-order valence-electron chi connectivity index (χ0n) is 28.3. The molecule has 2 aliphatic carbocycles. The Morgan fingerprint density at radius 2 is 1.60 bits per heavy atom.